The molecular weight excluding hydrogens is 222 g/mol. The second-order valence-electron chi connectivity index (χ2n) is 4.63. The SMILES string of the molecule is Cc1ccc(-c2cc3cc(CO)ccc3[nH]2)cc1. The van der Waals surface area contributed by atoms with E-state index in [1.807, 2.05) is 18.2 Å². The third-order valence-corrected chi connectivity index (χ3v) is 3.23. The summed E-state index contributed by atoms with van der Waals surface area (Å²) in [7, 11) is 0. The van der Waals surface area contributed by atoms with Crippen LogP contribution in [-0.4, -0.2) is 10.1 Å². The lowest BCUT2D eigenvalue weighted by Crippen LogP contribution is -1.80. The molecule has 0 amide bonds. The van der Waals surface area contributed by atoms with Crippen molar-refractivity contribution in [2.45, 2.75) is 13.5 Å². The van der Waals surface area contributed by atoms with Crippen LogP contribution in [0, 0.1) is 6.92 Å². The summed E-state index contributed by atoms with van der Waals surface area (Å²) in [6.07, 6.45) is 0. The molecule has 0 fully saturated rings. The molecule has 2 N–H and O–H groups in total. The number of aryl methyl sites for hydroxylation is 1. The van der Waals surface area contributed by atoms with Gasteiger partial charge in [-0.05, 0) is 36.2 Å². The number of aliphatic hydroxyl groups excluding tert-OH is 1. The maximum Gasteiger partial charge on any atom is 0.0682 e. The second kappa shape index (κ2) is 4.31. The molecule has 0 saturated heterocycles. The molecule has 90 valence electrons. The highest BCUT2D eigenvalue weighted by molar-refractivity contribution is 5.86. The van der Waals surface area contributed by atoms with E-state index in [1.165, 1.54) is 11.1 Å². The van der Waals surface area contributed by atoms with E-state index >= 15 is 0 Å². The molecule has 3 aromatic rings. The number of nitrogens with one attached hydrogen (secondary N) is 1. The Morgan fingerprint density at radius 3 is 2.50 bits per heavy atom. The van der Waals surface area contributed by atoms with Gasteiger partial charge in [0.15, 0.2) is 0 Å². The third-order valence-electron chi connectivity index (χ3n) is 3.23. The predicted octanol–water partition coefficient (Wildman–Crippen LogP) is 3.64. The van der Waals surface area contributed by atoms with Crippen molar-refractivity contribution in [3.05, 3.63) is 59.7 Å². The normalized spacial score (nSPS) is 11.0. The maximum atomic E-state index is 9.14. The van der Waals surface area contributed by atoms with Gasteiger partial charge < -0.3 is 10.1 Å². The van der Waals surface area contributed by atoms with Crippen molar-refractivity contribution < 1.29 is 5.11 Å². The minimum atomic E-state index is 0.0843. The molecule has 2 heteroatoms. The van der Waals surface area contributed by atoms with Crippen molar-refractivity contribution in [3.63, 3.8) is 0 Å². The van der Waals surface area contributed by atoms with Crippen LogP contribution < -0.4 is 0 Å². The Morgan fingerprint density at radius 2 is 1.78 bits per heavy atom. The summed E-state index contributed by atoms with van der Waals surface area (Å²) in [6, 6.07) is 16.6. The Hall–Kier alpha value is -2.06. The Kier molecular flexibility index (Phi) is 2.65. The first kappa shape index (κ1) is 11.1. The maximum absolute atomic E-state index is 9.14. The molecular formula is C16H15NO. The molecule has 0 aliphatic carbocycles. The first-order valence-electron chi connectivity index (χ1n) is 6.06. The van der Waals surface area contributed by atoms with Crippen LogP contribution in [0.25, 0.3) is 22.2 Å². The Morgan fingerprint density at radius 1 is 1.00 bits per heavy atom. The van der Waals surface area contributed by atoms with Crippen LogP contribution in [0.4, 0.5) is 0 Å². The minimum Gasteiger partial charge on any atom is -0.392 e. The van der Waals surface area contributed by atoms with Crippen LogP contribution in [0.15, 0.2) is 48.5 Å². The zero-order valence-electron chi connectivity index (χ0n) is 10.3. The van der Waals surface area contributed by atoms with E-state index in [0.29, 0.717) is 0 Å². The van der Waals surface area contributed by atoms with Gasteiger partial charge in [-0.15, -0.1) is 0 Å². The lowest BCUT2D eigenvalue weighted by atomic mass is 10.1. The van der Waals surface area contributed by atoms with Crippen molar-refractivity contribution in [1.29, 1.82) is 0 Å². The number of aliphatic hydroxyl groups is 1. The van der Waals surface area contributed by atoms with Crippen LogP contribution in [0.1, 0.15) is 11.1 Å². The highest BCUT2D eigenvalue weighted by atomic mass is 16.3. The summed E-state index contributed by atoms with van der Waals surface area (Å²) in [5, 5.41) is 10.3. The summed E-state index contributed by atoms with van der Waals surface area (Å²) in [5.74, 6) is 0. The molecule has 0 aliphatic heterocycles. The quantitative estimate of drug-likeness (QED) is 0.701. The first-order chi connectivity index (χ1) is 8.76. The lowest BCUT2D eigenvalue weighted by molar-refractivity contribution is 0.282. The van der Waals surface area contributed by atoms with E-state index in [-0.39, 0.29) is 6.61 Å². The molecule has 0 radical (unpaired) electrons. The van der Waals surface area contributed by atoms with Crippen LogP contribution in [0.3, 0.4) is 0 Å². The van der Waals surface area contributed by atoms with Gasteiger partial charge in [-0.25, -0.2) is 0 Å². The molecule has 1 aromatic heterocycles. The predicted molar refractivity (Wildman–Crippen MR) is 74.4 cm³/mol. The highest BCUT2D eigenvalue weighted by Crippen LogP contribution is 2.25. The number of benzene rings is 2. The molecule has 0 aliphatic rings. The number of fused-ring (bicyclic) bond motifs is 1. The number of aromatic nitrogens is 1. The monoisotopic (exact) mass is 237 g/mol. The lowest BCUT2D eigenvalue weighted by Gasteiger charge is -1.97. The summed E-state index contributed by atoms with van der Waals surface area (Å²) in [6.45, 7) is 2.17. The van der Waals surface area contributed by atoms with Gasteiger partial charge in [-0.2, -0.15) is 0 Å². The Labute approximate surface area is 106 Å². The number of H-pyrrole nitrogens is 1. The van der Waals surface area contributed by atoms with E-state index in [0.717, 1.165) is 22.2 Å². The highest BCUT2D eigenvalue weighted by Gasteiger charge is 2.03. The van der Waals surface area contributed by atoms with Gasteiger partial charge in [0, 0.05) is 16.6 Å². The smallest absolute Gasteiger partial charge is 0.0682 e. The van der Waals surface area contributed by atoms with Crippen LogP contribution >= 0.6 is 0 Å². The average Bonchev–Trinajstić information content (AvgIpc) is 2.82. The third kappa shape index (κ3) is 1.91. The summed E-state index contributed by atoms with van der Waals surface area (Å²) < 4.78 is 0. The molecule has 0 bridgehead atoms. The van der Waals surface area contributed by atoms with Crippen molar-refractivity contribution in [2.75, 3.05) is 0 Å². The fourth-order valence-electron chi connectivity index (χ4n) is 2.17. The average molecular weight is 237 g/mol. The van der Waals surface area contributed by atoms with Gasteiger partial charge in [0.1, 0.15) is 0 Å². The number of hydrogen-bond acceptors (Lipinski definition) is 1. The van der Waals surface area contributed by atoms with Crippen molar-refractivity contribution >= 4 is 10.9 Å². The van der Waals surface area contributed by atoms with Crippen LogP contribution in [-0.2, 0) is 6.61 Å². The first-order valence-corrected chi connectivity index (χ1v) is 6.06. The molecule has 2 nitrogen and oxygen atoms in total. The van der Waals surface area contributed by atoms with Gasteiger partial charge >= 0.3 is 0 Å². The van der Waals surface area contributed by atoms with Crippen molar-refractivity contribution in [2.24, 2.45) is 0 Å². The minimum absolute atomic E-state index is 0.0843. The summed E-state index contributed by atoms with van der Waals surface area (Å²) in [5.41, 5.74) is 5.60. The van der Waals surface area contributed by atoms with Crippen molar-refractivity contribution in [3.8, 4) is 11.3 Å². The van der Waals surface area contributed by atoms with Gasteiger partial charge in [0.05, 0.1) is 6.61 Å². The summed E-state index contributed by atoms with van der Waals surface area (Å²) in [4.78, 5) is 3.40. The molecule has 0 saturated carbocycles. The molecule has 1 heterocycles. The zero-order chi connectivity index (χ0) is 12.5. The van der Waals surface area contributed by atoms with E-state index in [9.17, 15) is 0 Å². The second-order valence-corrected chi connectivity index (χ2v) is 4.63. The Balaban J connectivity index is 2.10. The molecule has 0 unspecified atom stereocenters. The number of hydrogen-bond donors (Lipinski definition) is 2. The summed E-state index contributed by atoms with van der Waals surface area (Å²) >= 11 is 0. The van der Waals surface area contributed by atoms with Crippen LogP contribution in [0.5, 0.6) is 0 Å². The molecule has 0 spiro atoms. The van der Waals surface area contributed by atoms with E-state index < -0.39 is 0 Å². The standard InChI is InChI=1S/C16H15NO/c1-11-2-5-13(6-3-11)16-9-14-8-12(10-18)4-7-15(14)17-16/h2-9,17-18H,10H2,1H3. The topological polar surface area (TPSA) is 36.0 Å². The van der Waals surface area contributed by atoms with Gasteiger partial charge in [0.2, 0.25) is 0 Å². The molecule has 2 aromatic carbocycles. The van der Waals surface area contributed by atoms with Gasteiger partial charge in [0.25, 0.3) is 0 Å². The van der Waals surface area contributed by atoms with Crippen molar-refractivity contribution in [1.82, 2.24) is 4.98 Å². The van der Waals surface area contributed by atoms with E-state index in [1.54, 1.807) is 0 Å². The largest absolute Gasteiger partial charge is 0.392 e. The zero-order valence-corrected chi connectivity index (χ0v) is 10.3. The number of aromatic amines is 1. The molecule has 0 atom stereocenters. The van der Waals surface area contributed by atoms with E-state index in [4.69, 9.17) is 5.11 Å². The molecule has 18 heavy (non-hydrogen) atoms. The molecule has 3 rings (SSSR count). The van der Waals surface area contributed by atoms with Gasteiger partial charge in [-0.1, -0.05) is 35.9 Å². The fraction of sp³-hybridized carbons (Fsp3) is 0.125. The Bertz CT molecular complexity index is 680. The van der Waals surface area contributed by atoms with Gasteiger partial charge in [-0.3, -0.25) is 0 Å². The fourth-order valence-corrected chi connectivity index (χ4v) is 2.17. The van der Waals surface area contributed by atoms with Crippen LogP contribution in [0.2, 0.25) is 0 Å². The number of rotatable bonds is 2. The van der Waals surface area contributed by atoms with E-state index in [2.05, 4.69) is 42.2 Å².